The van der Waals surface area contributed by atoms with Crippen LogP contribution in [0.25, 0.3) is 0 Å². The van der Waals surface area contributed by atoms with Gasteiger partial charge in [-0.2, -0.15) is 0 Å². The number of Topliss-reactive ketones (excluding diaryl/α,β-unsaturated/α-hetero) is 1. The van der Waals surface area contributed by atoms with Crippen LogP contribution in [0.5, 0.6) is 0 Å². The lowest BCUT2D eigenvalue weighted by Crippen LogP contribution is -2.19. The maximum Gasteiger partial charge on any atom is 0.242 e. The highest BCUT2D eigenvalue weighted by Gasteiger charge is 2.22. The molecular formula is C27H28N2O3S. The molecule has 2 N–H and O–H groups in total. The molecule has 0 aromatic heterocycles. The third-order valence-corrected chi connectivity index (χ3v) is 6.28. The van der Waals surface area contributed by atoms with Crippen LogP contribution in [0, 0.1) is 0 Å². The van der Waals surface area contributed by atoms with E-state index in [1.807, 2.05) is 54.6 Å². The van der Waals surface area contributed by atoms with Gasteiger partial charge in [-0.25, -0.2) is 0 Å². The summed E-state index contributed by atoms with van der Waals surface area (Å²) in [7, 11) is 0. The first-order valence-corrected chi connectivity index (χ1v) is 11.9. The fraction of sp³-hybridized carbons (Fsp3) is 0.222. The predicted octanol–water partition coefficient (Wildman–Crippen LogP) is 6.49. The zero-order chi connectivity index (χ0) is 23.6. The molecule has 3 aromatic rings. The Labute approximate surface area is 199 Å². The summed E-state index contributed by atoms with van der Waals surface area (Å²) in [5, 5.41) is 5.39. The van der Waals surface area contributed by atoms with Crippen molar-refractivity contribution in [1.29, 1.82) is 0 Å². The van der Waals surface area contributed by atoms with E-state index in [0.717, 1.165) is 23.3 Å². The molecule has 0 radical (unpaired) electrons. The number of unbranched alkanes of at least 4 members (excludes halogenated alkanes) is 1. The summed E-state index contributed by atoms with van der Waals surface area (Å²) in [6, 6.07) is 24.0. The van der Waals surface area contributed by atoms with E-state index in [2.05, 4.69) is 17.6 Å². The first-order valence-electron chi connectivity index (χ1n) is 11.0. The van der Waals surface area contributed by atoms with E-state index in [-0.39, 0.29) is 17.6 Å². The van der Waals surface area contributed by atoms with Crippen molar-refractivity contribution in [2.45, 2.75) is 43.3 Å². The van der Waals surface area contributed by atoms with Crippen molar-refractivity contribution < 1.29 is 14.4 Å². The lowest BCUT2D eigenvalue weighted by atomic mass is 10.1. The van der Waals surface area contributed by atoms with Gasteiger partial charge in [-0.05, 0) is 61.4 Å². The van der Waals surface area contributed by atoms with Crippen molar-refractivity contribution in [2.24, 2.45) is 0 Å². The number of amides is 2. The Morgan fingerprint density at radius 2 is 1.58 bits per heavy atom. The second-order valence-electron chi connectivity index (χ2n) is 7.71. The summed E-state index contributed by atoms with van der Waals surface area (Å²) < 4.78 is 0. The second-order valence-corrected chi connectivity index (χ2v) is 8.89. The van der Waals surface area contributed by atoms with Crippen LogP contribution in [0.3, 0.4) is 0 Å². The lowest BCUT2D eigenvalue weighted by Gasteiger charge is -2.18. The van der Waals surface area contributed by atoms with Gasteiger partial charge in [0.15, 0.2) is 5.78 Å². The molecule has 33 heavy (non-hydrogen) atoms. The van der Waals surface area contributed by atoms with Crippen LogP contribution in [0.4, 0.5) is 11.4 Å². The summed E-state index contributed by atoms with van der Waals surface area (Å²) >= 11 is 1.42. The van der Waals surface area contributed by atoms with E-state index in [1.165, 1.54) is 18.7 Å². The van der Waals surface area contributed by atoms with Crippen molar-refractivity contribution in [3.05, 3.63) is 90.0 Å². The Bertz CT molecular complexity index is 1100. The van der Waals surface area contributed by atoms with E-state index < -0.39 is 5.25 Å². The van der Waals surface area contributed by atoms with Crippen molar-refractivity contribution >= 4 is 40.7 Å². The van der Waals surface area contributed by atoms with E-state index in [9.17, 15) is 14.4 Å². The molecule has 0 aliphatic carbocycles. The fourth-order valence-electron chi connectivity index (χ4n) is 3.24. The monoisotopic (exact) mass is 460 g/mol. The summed E-state index contributed by atoms with van der Waals surface area (Å²) in [6.07, 6.45) is 2.31. The first kappa shape index (κ1) is 24.3. The van der Waals surface area contributed by atoms with Crippen LogP contribution < -0.4 is 10.6 Å². The number of carbonyl (C=O) groups excluding carboxylic acids is 3. The predicted molar refractivity (Wildman–Crippen MR) is 135 cm³/mol. The largest absolute Gasteiger partial charge is 0.326 e. The maximum absolute atomic E-state index is 13.2. The topological polar surface area (TPSA) is 75.3 Å². The fourth-order valence-corrected chi connectivity index (χ4v) is 4.32. The molecular weight excluding hydrogens is 432 g/mol. The lowest BCUT2D eigenvalue weighted by molar-refractivity contribution is -0.116. The number of ketones is 1. The van der Waals surface area contributed by atoms with Gasteiger partial charge in [-0.1, -0.05) is 49.7 Å². The quantitative estimate of drug-likeness (QED) is 0.268. The molecule has 0 bridgehead atoms. The molecule has 0 heterocycles. The number of benzene rings is 3. The number of carbonyl (C=O) groups is 3. The van der Waals surface area contributed by atoms with Crippen molar-refractivity contribution in [1.82, 2.24) is 0 Å². The summed E-state index contributed by atoms with van der Waals surface area (Å²) in [5.41, 5.74) is 2.81. The molecule has 0 fully saturated rings. The van der Waals surface area contributed by atoms with E-state index in [0.29, 0.717) is 23.4 Å². The minimum Gasteiger partial charge on any atom is -0.326 e. The number of rotatable bonds is 10. The highest BCUT2D eigenvalue weighted by molar-refractivity contribution is 8.00. The Morgan fingerprint density at radius 3 is 2.24 bits per heavy atom. The Kier molecular flexibility index (Phi) is 8.84. The van der Waals surface area contributed by atoms with Gasteiger partial charge in [-0.15, -0.1) is 11.8 Å². The molecule has 0 spiro atoms. The molecule has 0 aliphatic rings. The normalized spacial score (nSPS) is 11.5. The van der Waals surface area contributed by atoms with Gasteiger partial charge in [-0.3, -0.25) is 14.4 Å². The van der Waals surface area contributed by atoms with Gasteiger partial charge >= 0.3 is 0 Å². The zero-order valence-corrected chi connectivity index (χ0v) is 19.7. The standard InChI is InChI=1S/C27H28N2O3S/c1-3-4-13-25(31)28-23-11-8-12-24(18-23)33-26(21-9-6-5-7-10-21)27(32)29-22-16-14-20(15-17-22)19(2)30/h5-12,14-18,26H,3-4,13H2,1-2H3,(H,28,31)(H,29,32). The number of thioether (sulfide) groups is 1. The number of anilines is 2. The van der Waals surface area contributed by atoms with Crippen LogP contribution in [0.1, 0.15) is 54.3 Å². The smallest absolute Gasteiger partial charge is 0.242 e. The van der Waals surface area contributed by atoms with Crippen LogP contribution in [-0.4, -0.2) is 17.6 Å². The highest BCUT2D eigenvalue weighted by Crippen LogP contribution is 2.37. The summed E-state index contributed by atoms with van der Waals surface area (Å²) in [5.74, 6) is -0.197. The molecule has 1 unspecified atom stereocenters. The molecule has 0 aliphatic heterocycles. The molecule has 3 aromatic carbocycles. The average Bonchev–Trinajstić information content (AvgIpc) is 2.82. The van der Waals surface area contributed by atoms with Crippen molar-refractivity contribution in [2.75, 3.05) is 10.6 Å². The molecule has 2 amide bonds. The number of nitrogens with one attached hydrogen (secondary N) is 2. The van der Waals surface area contributed by atoms with Crippen molar-refractivity contribution in [3.8, 4) is 0 Å². The van der Waals surface area contributed by atoms with Gasteiger partial charge in [0.25, 0.3) is 0 Å². The summed E-state index contributed by atoms with van der Waals surface area (Å²) in [4.78, 5) is 37.7. The Morgan fingerprint density at radius 1 is 0.848 bits per heavy atom. The molecule has 5 nitrogen and oxygen atoms in total. The third-order valence-electron chi connectivity index (χ3n) is 5.03. The average molecular weight is 461 g/mol. The molecule has 6 heteroatoms. The maximum atomic E-state index is 13.2. The molecule has 0 saturated carbocycles. The van der Waals surface area contributed by atoms with E-state index in [4.69, 9.17) is 0 Å². The molecule has 170 valence electrons. The Hall–Kier alpha value is -3.38. The van der Waals surface area contributed by atoms with Crippen LogP contribution >= 0.6 is 11.8 Å². The van der Waals surface area contributed by atoms with Gasteiger partial charge in [0, 0.05) is 28.3 Å². The van der Waals surface area contributed by atoms with Gasteiger partial charge in [0.2, 0.25) is 11.8 Å². The van der Waals surface area contributed by atoms with E-state index in [1.54, 1.807) is 24.3 Å². The zero-order valence-electron chi connectivity index (χ0n) is 18.8. The Balaban J connectivity index is 1.77. The van der Waals surface area contributed by atoms with Crippen LogP contribution in [-0.2, 0) is 9.59 Å². The first-order chi connectivity index (χ1) is 16.0. The number of hydrogen-bond donors (Lipinski definition) is 2. The minimum absolute atomic E-state index is 0.00893. The second kappa shape index (κ2) is 12.0. The van der Waals surface area contributed by atoms with Gasteiger partial charge in [0.05, 0.1) is 0 Å². The van der Waals surface area contributed by atoms with E-state index >= 15 is 0 Å². The SMILES string of the molecule is CCCCC(=O)Nc1cccc(SC(C(=O)Nc2ccc(C(C)=O)cc2)c2ccccc2)c1. The third kappa shape index (κ3) is 7.32. The van der Waals surface area contributed by atoms with Crippen LogP contribution in [0.2, 0.25) is 0 Å². The van der Waals surface area contributed by atoms with Crippen molar-refractivity contribution in [3.63, 3.8) is 0 Å². The number of hydrogen-bond acceptors (Lipinski definition) is 4. The summed E-state index contributed by atoms with van der Waals surface area (Å²) in [6.45, 7) is 3.56. The molecule has 1 atom stereocenters. The van der Waals surface area contributed by atoms with Gasteiger partial charge in [0.1, 0.15) is 5.25 Å². The molecule has 3 rings (SSSR count). The van der Waals surface area contributed by atoms with Crippen LogP contribution in [0.15, 0.2) is 83.8 Å². The van der Waals surface area contributed by atoms with Gasteiger partial charge < -0.3 is 10.6 Å². The minimum atomic E-state index is -0.496. The highest BCUT2D eigenvalue weighted by atomic mass is 32.2. The molecule has 0 saturated heterocycles.